The van der Waals surface area contributed by atoms with Crippen LogP contribution in [0, 0.1) is 0 Å². The van der Waals surface area contributed by atoms with E-state index in [0.29, 0.717) is 0 Å². The molecule has 0 heterocycles. The van der Waals surface area contributed by atoms with E-state index in [9.17, 15) is 4.57 Å². The minimum absolute atomic E-state index is 0.117. The lowest BCUT2D eigenvalue weighted by molar-refractivity contribution is 0.0430. The minimum atomic E-state index is -3.45. The summed E-state index contributed by atoms with van der Waals surface area (Å²) < 4.78 is 28.9. The molecule has 0 saturated carbocycles. The topological polar surface area (TPSA) is 44.8 Å². The highest BCUT2D eigenvalue weighted by molar-refractivity contribution is 7.48. The smallest absolute Gasteiger partial charge is 0.284 e. The van der Waals surface area contributed by atoms with Crippen LogP contribution in [0.1, 0.15) is 67.2 Å². The second kappa shape index (κ2) is 9.08. The molecule has 4 nitrogen and oxygen atoms in total. The normalized spacial score (nSPS) is 18.6. The maximum atomic E-state index is 12.5. The Morgan fingerprint density at radius 2 is 1.22 bits per heavy atom. The molecule has 0 saturated heterocycles. The fraction of sp³-hybridized carbons (Fsp3) is 1.00. The molecule has 2 atom stereocenters. The van der Waals surface area contributed by atoms with Gasteiger partial charge in [0, 0.05) is 0 Å². The maximum absolute atomic E-state index is 12.5. The molecule has 0 spiro atoms. The fourth-order valence-corrected chi connectivity index (χ4v) is 3.45. The van der Waals surface area contributed by atoms with E-state index >= 15 is 0 Å². The van der Waals surface area contributed by atoms with Crippen LogP contribution >= 0.6 is 7.82 Å². The molecule has 0 amide bonds. The van der Waals surface area contributed by atoms with Gasteiger partial charge in [0.1, 0.15) is 0 Å². The summed E-state index contributed by atoms with van der Waals surface area (Å²) in [6.07, 6.45) is 3.23. The highest BCUT2D eigenvalue weighted by Crippen LogP contribution is 2.53. The van der Waals surface area contributed by atoms with Crippen LogP contribution in [0.15, 0.2) is 0 Å². The van der Waals surface area contributed by atoms with E-state index in [0.717, 1.165) is 25.7 Å². The van der Waals surface area contributed by atoms with Crippen molar-refractivity contribution in [1.29, 1.82) is 0 Å². The summed E-state index contributed by atoms with van der Waals surface area (Å²) in [5.41, 5.74) is 0. The van der Waals surface area contributed by atoms with Crippen molar-refractivity contribution in [2.75, 3.05) is 0 Å². The van der Waals surface area contributed by atoms with Gasteiger partial charge in [-0.15, -0.1) is 0 Å². The average molecular weight is 280 g/mol. The highest BCUT2D eigenvalue weighted by Gasteiger charge is 2.32. The Bertz CT molecular complexity index is 237. The second-order valence-electron chi connectivity index (χ2n) is 5.01. The van der Waals surface area contributed by atoms with Crippen LogP contribution < -0.4 is 0 Å². The van der Waals surface area contributed by atoms with Crippen LogP contribution in [0.4, 0.5) is 0 Å². The Morgan fingerprint density at radius 3 is 1.50 bits per heavy atom. The van der Waals surface area contributed by atoms with Crippen molar-refractivity contribution in [3.63, 3.8) is 0 Å². The molecule has 0 aromatic heterocycles. The number of rotatable bonds is 10. The summed E-state index contributed by atoms with van der Waals surface area (Å²) in [7, 11) is -3.45. The lowest BCUT2D eigenvalue weighted by atomic mass is 10.2. The monoisotopic (exact) mass is 280 g/mol. The van der Waals surface area contributed by atoms with E-state index in [4.69, 9.17) is 13.6 Å². The molecule has 0 rings (SSSR count). The molecule has 0 aliphatic rings. The summed E-state index contributed by atoms with van der Waals surface area (Å²) in [4.78, 5) is 0. The number of hydrogen-bond donors (Lipinski definition) is 0. The molecule has 0 aromatic rings. The molecule has 2 unspecified atom stereocenters. The molecular formula is C13H29O4P. The van der Waals surface area contributed by atoms with E-state index < -0.39 is 7.82 Å². The van der Waals surface area contributed by atoms with E-state index in [-0.39, 0.29) is 18.3 Å². The van der Waals surface area contributed by atoms with Crippen molar-refractivity contribution >= 4 is 7.82 Å². The van der Waals surface area contributed by atoms with Crippen molar-refractivity contribution in [1.82, 2.24) is 0 Å². The summed E-state index contributed by atoms with van der Waals surface area (Å²) in [6, 6.07) is 0. The standard InChI is InChI=1S/C13H29O4P/c1-7-9-12(5)16-18(14,15-11(3)4)17-13(6)10-8-2/h11-13H,7-10H2,1-6H3. The van der Waals surface area contributed by atoms with Crippen molar-refractivity contribution in [2.45, 2.75) is 85.5 Å². The van der Waals surface area contributed by atoms with Crippen molar-refractivity contribution in [2.24, 2.45) is 0 Å². The van der Waals surface area contributed by atoms with Gasteiger partial charge in [0.25, 0.3) is 0 Å². The van der Waals surface area contributed by atoms with E-state index in [2.05, 4.69) is 13.8 Å². The van der Waals surface area contributed by atoms with Gasteiger partial charge in [-0.2, -0.15) is 0 Å². The highest BCUT2D eigenvalue weighted by atomic mass is 31.2. The van der Waals surface area contributed by atoms with Crippen LogP contribution in [0.25, 0.3) is 0 Å². The first-order valence-corrected chi connectivity index (χ1v) is 8.44. The van der Waals surface area contributed by atoms with E-state index in [1.165, 1.54) is 0 Å². The maximum Gasteiger partial charge on any atom is 0.475 e. The SMILES string of the molecule is CCCC(C)OP(=O)(OC(C)C)OC(C)CCC. The Kier molecular flexibility index (Phi) is 9.14. The lowest BCUT2D eigenvalue weighted by Gasteiger charge is -2.25. The van der Waals surface area contributed by atoms with Crippen molar-refractivity contribution < 1.29 is 18.1 Å². The predicted octanol–water partition coefficient (Wildman–Crippen LogP) is 4.93. The van der Waals surface area contributed by atoms with Crippen LogP contribution in [0.5, 0.6) is 0 Å². The molecule has 18 heavy (non-hydrogen) atoms. The fourth-order valence-electron chi connectivity index (χ4n) is 1.69. The molecule has 0 radical (unpaired) electrons. The number of phosphoric ester groups is 1. The van der Waals surface area contributed by atoms with Crippen LogP contribution in [-0.2, 0) is 18.1 Å². The zero-order chi connectivity index (χ0) is 14.2. The third-order valence-electron chi connectivity index (χ3n) is 2.35. The molecule has 0 N–H and O–H groups in total. The molecule has 0 bridgehead atoms. The molecule has 0 aromatic carbocycles. The summed E-state index contributed by atoms with van der Waals surface area (Å²) in [5.74, 6) is 0. The minimum Gasteiger partial charge on any atom is -0.284 e. The van der Waals surface area contributed by atoms with Crippen LogP contribution in [-0.4, -0.2) is 18.3 Å². The zero-order valence-corrected chi connectivity index (χ0v) is 13.5. The summed E-state index contributed by atoms with van der Waals surface area (Å²) in [6.45, 7) is 11.6. The predicted molar refractivity (Wildman–Crippen MR) is 74.7 cm³/mol. The van der Waals surface area contributed by atoms with Gasteiger partial charge >= 0.3 is 7.82 Å². The van der Waals surface area contributed by atoms with Gasteiger partial charge in [-0.1, -0.05) is 26.7 Å². The van der Waals surface area contributed by atoms with E-state index in [1.54, 1.807) is 0 Å². The van der Waals surface area contributed by atoms with Gasteiger partial charge in [-0.25, -0.2) is 4.57 Å². The van der Waals surface area contributed by atoms with Gasteiger partial charge in [0.05, 0.1) is 18.3 Å². The molecular weight excluding hydrogens is 251 g/mol. The quantitative estimate of drug-likeness (QED) is 0.532. The number of hydrogen-bond acceptors (Lipinski definition) is 4. The molecule has 5 heteroatoms. The second-order valence-corrected chi connectivity index (χ2v) is 6.54. The lowest BCUT2D eigenvalue weighted by Crippen LogP contribution is -2.16. The van der Waals surface area contributed by atoms with E-state index in [1.807, 2.05) is 27.7 Å². The number of phosphoric acid groups is 1. The third kappa shape index (κ3) is 8.25. The summed E-state index contributed by atoms with van der Waals surface area (Å²) >= 11 is 0. The molecule has 0 fully saturated rings. The van der Waals surface area contributed by atoms with Crippen molar-refractivity contribution in [3.8, 4) is 0 Å². The third-order valence-corrected chi connectivity index (χ3v) is 4.26. The van der Waals surface area contributed by atoms with Crippen LogP contribution in [0.3, 0.4) is 0 Å². The summed E-state index contributed by atoms with van der Waals surface area (Å²) in [5, 5.41) is 0. The van der Waals surface area contributed by atoms with Gasteiger partial charge in [0.2, 0.25) is 0 Å². The Hall–Kier alpha value is 0.110. The Morgan fingerprint density at radius 1 is 0.833 bits per heavy atom. The van der Waals surface area contributed by atoms with Crippen LogP contribution in [0.2, 0.25) is 0 Å². The first kappa shape index (κ1) is 18.1. The first-order chi connectivity index (χ1) is 8.33. The largest absolute Gasteiger partial charge is 0.475 e. The van der Waals surface area contributed by atoms with Gasteiger partial charge in [0.15, 0.2) is 0 Å². The molecule has 110 valence electrons. The van der Waals surface area contributed by atoms with Crippen molar-refractivity contribution in [3.05, 3.63) is 0 Å². The van der Waals surface area contributed by atoms with Gasteiger partial charge in [-0.3, -0.25) is 13.6 Å². The molecule has 0 aliphatic heterocycles. The Balaban J connectivity index is 4.56. The Labute approximate surface area is 112 Å². The average Bonchev–Trinajstić information content (AvgIpc) is 2.14. The van der Waals surface area contributed by atoms with Gasteiger partial charge < -0.3 is 0 Å². The first-order valence-electron chi connectivity index (χ1n) is 6.98. The van der Waals surface area contributed by atoms with Gasteiger partial charge in [-0.05, 0) is 40.5 Å². The molecule has 0 aliphatic carbocycles. The zero-order valence-electron chi connectivity index (χ0n) is 12.6.